The molecule has 2 rings (SSSR count). The molecule has 0 aliphatic rings. The van der Waals surface area contributed by atoms with Gasteiger partial charge in [0.2, 0.25) is 0 Å². The van der Waals surface area contributed by atoms with Gasteiger partial charge in [0.1, 0.15) is 0 Å². The van der Waals surface area contributed by atoms with Crippen LogP contribution >= 0.6 is 0 Å². The third-order valence-electron chi connectivity index (χ3n) is 3.57. The predicted molar refractivity (Wildman–Crippen MR) is 114 cm³/mol. The van der Waals surface area contributed by atoms with E-state index in [0.717, 1.165) is 28.1 Å². The fraction of sp³-hybridized carbons (Fsp3) is 0.360. The molecule has 0 heterocycles. The highest BCUT2D eigenvalue weighted by molar-refractivity contribution is 5.59. The molecule has 0 radical (unpaired) electrons. The second-order valence-electron chi connectivity index (χ2n) is 8.70. The zero-order valence-electron chi connectivity index (χ0n) is 17.4. The van der Waals surface area contributed by atoms with Crippen LogP contribution in [0.5, 0.6) is 0 Å². The quantitative estimate of drug-likeness (QED) is 0.401. The van der Waals surface area contributed by atoms with Gasteiger partial charge >= 0.3 is 0 Å². The summed E-state index contributed by atoms with van der Waals surface area (Å²) < 4.78 is 0. The molecule has 27 heavy (non-hydrogen) atoms. The fourth-order valence-electron chi connectivity index (χ4n) is 2.14. The minimum absolute atomic E-state index is 0.0642. The minimum Gasteiger partial charge on any atom is -0.151 e. The molecule has 0 saturated heterocycles. The van der Waals surface area contributed by atoms with Crippen molar-refractivity contribution in [3.05, 3.63) is 59.2 Å². The maximum absolute atomic E-state index is 4.42. The van der Waals surface area contributed by atoms with Crippen LogP contribution in [0.3, 0.4) is 0 Å². The van der Waals surface area contributed by atoms with Gasteiger partial charge in [0, 0.05) is 22.0 Å². The Bertz CT molecular complexity index is 892. The summed E-state index contributed by atoms with van der Waals surface area (Å²) in [6, 6.07) is 13.7. The topological polar surface area (TPSA) is 24.7 Å². The highest BCUT2D eigenvalue weighted by atomic mass is 15.1. The molecule has 2 aromatic rings. The van der Waals surface area contributed by atoms with Gasteiger partial charge in [0.05, 0.1) is 11.4 Å². The average molecular weight is 357 g/mol. The predicted octanol–water partition coefficient (Wildman–Crippen LogP) is 7.21. The molecule has 0 N–H and O–H groups in total. The van der Waals surface area contributed by atoms with Gasteiger partial charge in [-0.25, -0.2) is 0 Å². The number of rotatable bonds is 2. The van der Waals surface area contributed by atoms with Crippen molar-refractivity contribution < 1.29 is 0 Å². The smallest absolute Gasteiger partial charge is 0.0882 e. The van der Waals surface area contributed by atoms with E-state index in [4.69, 9.17) is 0 Å². The standard InChI is InChI=1S/C25H28N2/c1-19-20(13-15-24(2,3)4)17-23(18-21(19)14-16-25(5,6)7)27-26-22-11-9-8-10-12-22/h8-12,17-18H,1-7H3/b27-26+. The summed E-state index contributed by atoms with van der Waals surface area (Å²) in [7, 11) is 0. The number of hydrogen-bond donors (Lipinski definition) is 0. The van der Waals surface area contributed by atoms with Crippen molar-refractivity contribution in [1.29, 1.82) is 0 Å². The molecule has 2 heteroatoms. The van der Waals surface area contributed by atoms with E-state index in [1.54, 1.807) is 0 Å². The normalized spacial score (nSPS) is 11.5. The van der Waals surface area contributed by atoms with Crippen LogP contribution in [0.4, 0.5) is 11.4 Å². The maximum Gasteiger partial charge on any atom is 0.0882 e. The van der Waals surface area contributed by atoms with E-state index >= 15 is 0 Å². The monoisotopic (exact) mass is 356 g/mol. The van der Waals surface area contributed by atoms with E-state index < -0.39 is 0 Å². The lowest BCUT2D eigenvalue weighted by atomic mass is 9.94. The van der Waals surface area contributed by atoms with E-state index in [1.165, 1.54) is 0 Å². The second kappa shape index (κ2) is 8.24. The van der Waals surface area contributed by atoms with Crippen LogP contribution in [0, 0.1) is 41.4 Å². The molecule has 0 bridgehead atoms. The van der Waals surface area contributed by atoms with Crippen LogP contribution in [0.1, 0.15) is 58.2 Å². The van der Waals surface area contributed by atoms with Gasteiger partial charge in [0.25, 0.3) is 0 Å². The summed E-state index contributed by atoms with van der Waals surface area (Å²) in [6.07, 6.45) is 0. The lowest BCUT2D eigenvalue weighted by Gasteiger charge is -2.10. The van der Waals surface area contributed by atoms with Gasteiger partial charge in [-0.1, -0.05) is 41.9 Å². The van der Waals surface area contributed by atoms with Gasteiger partial charge < -0.3 is 0 Å². The summed E-state index contributed by atoms with van der Waals surface area (Å²) >= 11 is 0. The van der Waals surface area contributed by atoms with Crippen molar-refractivity contribution in [1.82, 2.24) is 0 Å². The Labute approximate surface area is 164 Å². The Hall–Kier alpha value is -2.84. The molecule has 0 saturated carbocycles. The highest BCUT2D eigenvalue weighted by Crippen LogP contribution is 2.25. The lowest BCUT2D eigenvalue weighted by Crippen LogP contribution is -2.01. The third-order valence-corrected chi connectivity index (χ3v) is 3.57. The summed E-state index contributed by atoms with van der Waals surface area (Å²) in [4.78, 5) is 0. The van der Waals surface area contributed by atoms with Gasteiger partial charge in [0.15, 0.2) is 0 Å². The third kappa shape index (κ3) is 7.12. The molecule has 0 spiro atoms. The van der Waals surface area contributed by atoms with Crippen molar-refractivity contribution in [2.45, 2.75) is 48.5 Å². The fourth-order valence-corrected chi connectivity index (χ4v) is 2.14. The molecule has 0 aliphatic carbocycles. The first-order valence-electron chi connectivity index (χ1n) is 9.21. The van der Waals surface area contributed by atoms with Crippen molar-refractivity contribution in [3.63, 3.8) is 0 Å². The molecule has 0 fully saturated rings. The largest absolute Gasteiger partial charge is 0.151 e. The van der Waals surface area contributed by atoms with Crippen LogP contribution in [0.15, 0.2) is 52.7 Å². The molecule has 0 atom stereocenters. The molecule has 2 nitrogen and oxygen atoms in total. The van der Waals surface area contributed by atoms with Crippen LogP contribution in [-0.2, 0) is 0 Å². The highest BCUT2D eigenvalue weighted by Gasteiger charge is 2.09. The number of azo groups is 1. The first-order valence-corrected chi connectivity index (χ1v) is 9.21. The van der Waals surface area contributed by atoms with Gasteiger partial charge in [-0.05, 0) is 78.3 Å². The second-order valence-corrected chi connectivity index (χ2v) is 8.70. The van der Waals surface area contributed by atoms with E-state index in [1.807, 2.05) is 42.5 Å². The lowest BCUT2D eigenvalue weighted by molar-refractivity contribution is 0.570. The first kappa shape index (κ1) is 20.5. The summed E-state index contributed by atoms with van der Waals surface area (Å²) in [6.45, 7) is 14.7. The van der Waals surface area contributed by atoms with Gasteiger partial charge in [-0.15, -0.1) is 0 Å². The molecule has 0 amide bonds. The zero-order valence-corrected chi connectivity index (χ0v) is 17.4. The van der Waals surface area contributed by atoms with Crippen LogP contribution in [0.2, 0.25) is 0 Å². The van der Waals surface area contributed by atoms with Crippen molar-refractivity contribution >= 4 is 11.4 Å². The number of hydrogen-bond acceptors (Lipinski definition) is 2. The summed E-state index contributed by atoms with van der Waals surface area (Å²) in [5, 5.41) is 8.75. The van der Waals surface area contributed by atoms with E-state index in [2.05, 4.69) is 82.4 Å². The number of nitrogens with zero attached hydrogens (tertiary/aromatic N) is 2. The van der Waals surface area contributed by atoms with E-state index in [-0.39, 0.29) is 10.8 Å². The Balaban J connectivity index is 2.53. The number of benzene rings is 2. The van der Waals surface area contributed by atoms with Crippen molar-refractivity contribution in [3.8, 4) is 23.7 Å². The van der Waals surface area contributed by atoms with Crippen LogP contribution < -0.4 is 0 Å². The first-order chi connectivity index (χ1) is 12.5. The summed E-state index contributed by atoms with van der Waals surface area (Å²) in [5.41, 5.74) is 4.45. The molecular formula is C25H28N2. The summed E-state index contributed by atoms with van der Waals surface area (Å²) in [5.74, 6) is 13.2. The van der Waals surface area contributed by atoms with Gasteiger partial charge in [-0.3, -0.25) is 0 Å². The molecule has 138 valence electrons. The Morgan fingerprint density at radius 1 is 0.667 bits per heavy atom. The SMILES string of the molecule is Cc1c(C#CC(C)(C)C)cc(/N=N/c2ccccc2)cc1C#CC(C)(C)C. The van der Waals surface area contributed by atoms with Crippen LogP contribution in [0.25, 0.3) is 0 Å². The Kier molecular flexibility index (Phi) is 6.24. The zero-order chi connectivity index (χ0) is 20.1. The Morgan fingerprint density at radius 2 is 1.11 bits per heavy atom. The van der Waals surface area contributed by atoms with E-state index in [9.17, 15) is 0 Å². The molecular weight excluding hydrogens is 328 g/mol. The van der Waals surface area contributed by atoms with Crippen LogP contribution in [-0.4, -0.2) is 0 Å². The average Bonchev–Trinajstić information content (AvgIpc) is 2.58. The molecule has 0 aliphatic heterocycles. The van der Waals surface area contributed by atoms with Gasteiger partial charge in [-0.2, -0.15) is 10.2 Å². The molecule has 0 aromatic heterocycles. The maximum atomic E-state index is 4.42. The minimum atomic E-state index is -0.0642. The van der Waals surface area contributed by atoms with E-state index in [0.29, 0.717) is 0 Å². The van der Waals surface area contributed by atoms with Crippen molar-refractivity contribution in [2.24, 2.45) is 21.1 Å². The van der Waals surface area contributed by atoms with Crippen molar-refractivity contribution in [2.75, 3.05) is 0 Å². The molecule has 0 unspecified atom stereocenters. The Morgan fingerprint density at radius 3 is 1.56 bits per heavy atom. The molecule has 2 aromatic carbocycles.